The van der Waals surface area contributed by atoms with Crippen LogP contribution < -0.4 is 5.32 Å². The van der Waals surface area contributed by atoms with Crippen LogP contribution in [0.15, 0.2) is 30.3 Å². The van der Waals surface area contributed by atoms with E-state index in [-0.39, 0.29) is 11.9 Å². The van der Waals surface area contributed by atoms with E-state index >= 15 is 0 Å². The highest BCUT2D eigenvalue weighted by atomic mass is 16.1. The molecule has 3 nitrogen and oxygen atoms in total. The first-order valence-corrected chi connectivity index (χ1v) is 6.94. The van der Waals surface area contributed by atoms with Gasteiger partial charge in [-0.15, -0.1) is 0 Å². The van der Waals surface area contributed by atoms with Crippen molar-refractivity contribution in [1.82, 2.24) is 5.32 Å². The number of nitrogens with one attached hydrogen (secondary N) is 1. The lowest BCUT2D eigenvalue weighted by atomic mass is 9.80. The van der Waals surface area contributed by atoms with Gasteiger partial charge in [0.15, 0.2) is 0 Å². The molecule has 3 heteroatoms. The summed E-state index contributed by atoms with van der Waals surface area (Å²) in [7, 11) is 0. The average Bonchev–Trinajstić information content (AvgIpc) is 2.34. The quantitative estimate of drug-likeness (QED) is 0.880. The van der Waals surface area contributed by atoms with Gasteiger partial charge >= 0.3 is 0 Å². The van der Waals surface area contributed by atoms with Crippen molar-refractivity contribution in [1.29, 1.82) is 5.26 Å². The zero-order valence-corrected chi connectivity index (χ0v) is 11.3. The van der Waals surface area contributed by atoms with Crippen molar-refractivity contribution in [3.63, 3.8) is 0 Å². The summed E-state index contributed by atoms with van der Waals surface area (Å²) in [5, 5.41) is 12.2. The Morgan fingerprint density at radius 3 is 2.63 bits per heavy atom. The fourth-order valence-electron chi connectivity index (χ4n) is 2.43. The molecule has 1 aliphatic carbocycles. The van der Waals surface area contributed by atoms with Crippen LogP contribution in [0.2, 0.25) is 0 Å². The lowest BCUT2D eigenvalue weighted by molar-refractivity contribution is -0.124. The molecule has 2 atom stereocenters. The Kier molecular flexibility index (Phi) is 4.57. The summed E-state index contributed by atoms with van der Waals surface area (Å²) in [4.78, 5) is 12.1. The Morgan fingerprint density at radius 1 is 1.42 bits per heavy atom. The summed E-state index contributed by atoms with van der Waals surface area (Å²) in [6, 6.07) is 12.0. The van der Waals surface area contributed by atoms with Crippen molar-refractivity contribution < 1.29 is 4.79 Å². The SMILES string of the molecule is CC(NC(=O)C(C#N)Cc1ccccc1)C1CCC1. The van der Waals surface area contributed by atoms with E-state index in [0.717, 1.165) is 5.56 Å². The summed E-state index contributed by atoms with van der Waals surface area (Å²) in [6.45, 7) is 2.04. The van der Waals surface area contributed by atoms with E-state index in [0.29, 0.717) is 12.3 Å². The summed E-state index contributed by atoms with van der Waals surface area (Å²) in [5.41, 5.74) is 1.03. The Bertz CT molecular complexity index is 459. The Hall–Kier alpha value is -1.82. The van der Waals surface area contributed by atoms with Crippen LogP contribution in [0.4, 0.5) is 0 Å². The number of hydrogen-bond donors (Lipinski definition) is 1. The topological polar surface area (TPSA) is 52.9 Å². The minimum atomic E-state index is -0.593. The summed E-state index contributed by atoms with van der Waals surface area (Å²) in [6.07, 6.45) is 4.13. The van der Waals surface area contributed by atoms with Crippen LogP contribution in [0.5, 0.6) is 0 Å². The van der Waals surface area contributed by atoms with Crippen LogP contribution in [0.25, 0.3) is 0 Å². The van der Waals surface area contributed by atoms with Crippen molar-refractivity contribution in [3.8, 4) is 6.07 Å². The second-order valence-corrected chi connectivity index (χ2v) is 5.36. The molecule has 1 amide bonds. The number of amides is 1. The van der Waals surface area contributed by atoms with E-state index in [2.05, 4.69) is 11.4 Å². The molecule has 0 aromatic heterocycles. The highest BCUT2D eigenvalue weighted by Gasteiger charge is 2.27. The molecular weight excluding hydrogens is 236 g/mol. The molecule has 2 rings (SSSR count). The van der Waals surface area contributed by atoms with Crippen LogP contribution in [0.3, 0.4) is 0 Å². The van der Waals surface area contributed by atoms with Crippen LogP contribution in [0.1, 0.15) is 31.7 Å². The lowest BCUT2D eigenvalue weighted by Gasteiger charge is -2.32. The maximum atomic E-state index is 12.1. The maximum absolute atomic E-state index is 12.1. The highest BCUT2D eigenvalue weighted by Crippen LogP contribution is 2.29. The van der Waals surface area contributed by atoms with Gasteiger partial charge in [-0.3, -0.25) is 4.79 Å². The molecule has 1 aromatic rings. The van der Waals surface area contributed by atoms with E-state index in [4.69, 9.17) is 5.26 Å². The van der Waals surface area contributed by atoms with Crippen LogP contribution >= 0.6 is 0 Å². The van der Waals surface area contributed by atoms with E-state index in [9.17, 15) is 4.79 Å². The van der Waals surface area contributed by atoms with Gasteiger partial charge < -0.3 is 5.32 Å². The second kappa shape index (κ2) is 6.38. The van der Waals surface area contributed by atoms with E-state index < -0.39 is 5.92 Å². The third-order valence-electron chi connectivity index (χ3n) is 3.98. The normalized spacial score (nSPS) is 17.9. The number of benzene rings is 1. The molecule has 1 fully saturated rings. The molecule has 1 saturated carbocycles. The minimum absolute atomic E-state index is 0.134. The van der Waals surface area contributed by atoms with Gasteiger partial charge in [0.2, 0.25) is 5.91 Å². The fraction of sp³-hybridized carbons (Fsp3) is 0.500. The smallest absolute Gasteiger partial charge is 0.237 e. The molecule has 1 N–H and O–H groups in total. The largest absolute Gasteiger partial charge is 0.352 e. The number of carbonyl (C=O) groups is 1. The fourth-order valence-corrected chi connectivity index (χ4v) is 2.43. The predicted molar refractivity (Wildman–Crippen MR) is 74.2 cm³/mol. The second-order valence-electron chi connectivity index (χ2n) is 5.36. The standard InChI is InChI=1S/C16H20N2O/c1-12(14-8-5-9-14)18-16(19)15(11-17)10-13-6-3-2-4-7-13/h2-4,6-7,12,14-15H,5,8-10H2,1H3,(H,18,19). The van der Waals surface area contributed by atoms with E-state index in [1.54, 1.807) is 0 Å². The average molecular weight is 256 g/mol. The molecule has 2 unspecified atom stereocenters. The Balaban J connectivity index is 1.90. The zero-order chi connectivity index (χ0) is 13.7. The summed E-state index contributed by atoms with van der Waals surface area (Å²) >= 11 is 0. The molecule has 19 heavy (non-hydrogen) atoms. The van der Waals surface area contributed by atoms with Crippen molar-refractivity contribution in [2.24, 2.45) is 11.8 Å². The number of nitriles is 1. The first kappa shape index (κ1) is 13.6. The number of hydrogen-bond acceptors (Lipinski definition) is 2. The molecule has 0 saturated heterocycles. The molecule has 0 aliphatic heterocycles. The van der Waals surface area contributed by atoms with Crippen molar-refractivity contribution in [2.45, 2.75) is 38.6 Å². The molecule has 0 spiro atoms. The molecule has 100 valence electrons. The van der Waals surface area contributed by atoms with Crippen LogP contribution in [-0.2, 0) is 11.2 Å². The number of rotatable bonds is 5. The lowest BCUT2D eigenvalue weighted by Crippen LogP contribution is -2.43. The monoisotopic (exact) mass is 256 g/mol. The number of nitrogens with zero attached hydrogens (tertiary/aromatic N) is 1. The third kappa shape index (κ3) is 3.57. The molecule has 1 aromatic carbocycles. The summed E-state index contributed by atoms with van der Waals surface area (Å²) in [5.74, 6) is -0.129. The zero-order valence-electron chi connectivity index (χ0n) is 11.3. The van der Waals surface area contributed by atoms with Gasteiger partial charge in [-0.25, -0.2) is 0 Å². The summed E-state index contributed by atoms with van der Waals surface area (Å²) < 4.78 is 0. The predicted octanol–water partition coefficient (Wildman–Crippen LogP) is 2.67. The first-order valence-electron chi connectivity index (χ1n) is 6.94. The van der Waals surface area contributed by atoms with Crippen molar-refractivity contribution in [3.05, 3.63) is 35.9 Å². The minimum Gasteiger partial charge on any atom is -0.352 e. The van der Waals surface area contributed by atoms with Gasteiger partial charge in [-0.1, -0.05) is 36.8 Å². The van der Waals surface area contributed by atoms with Crippen LogP contribution in [0, 0.1) is 23.2 Å². The van der Waals surface area contributed by atoms with Gasteiger partial charge in [-0.2, -0.15) is 5.26 Å². The van der Waals surface area contributed by atoms with E-state index in [1.165, 1.54) is 19.3 Å². The van der Waals surface area contributed by atoms with E-state index in [1.807, 2.05) is 37.3 Å². The highest BCUT2D eigenvalue weighted by molar-refractivity contribution is 5.81. The third-order valence-corrected chi connectivity index (χ3v) is 3.98. The molecule has 0 heterocycles. The molecule has 1 aliphatic rings. The van der Waals surface area contributed by atoms with Crippen molar-refractivity contribution >= 4 is 5.91 Å². The number of carbonyl (C=O) groups excluding carboxylic acids is 1. The maximum Gasteiger partial charge on any atom is 0.237 e. The molecular formula is C16H20N2O. The Morgan fingerprint density at radius 2 is 2.11 bits per heavy atom. The van der Waals surface area contributed by atoms with Crippen LogP contribution in [-0.4, -0.2) is 11.9 Å². The molecule has 0 bridgehead atoms. The van der Waals surface area contributed by atoms with Gasteiger partial charge in [0.05, 0.1) is 6.07 Å². The Labute approximate surface area is 114 Å². The van der Waals surface area contributed by atoms with Gasteiger partial charge in [0, 0.05) is 6.04 Å². The van der Waals surface area contributed by atoms with Crippen molar-refractivity contribution in [2.75, 3.05) is 0 Å². The van der Waals surface area contributed by atoms with Gasteiger partial charge in [-0.05, 0) is 37.7 Å². The molecule has 0 radical (unpaired) electrons. The van der Waals surface area contributed by atoms with Gasteiger partial charge in [0.25, 0.3) is 0 Å². The first-order chi connectivity index (χ1) is 9.20. The van der Waals surface area contributed by atoms with Gasteiger partial charge in [0.1, 0.15) is 5.92 Å².